The van der Waals surface area contributed by atoms with Crippen molar-refractivity contribution in [1.82, 2.24) is 9.62 Å². The van der Waals surface area contributed by atoms with E-state index in [1.807, 2.05) is 0 Å². The van der Waals surface area contributed by atoms with Gasteiger partial charge in [0, 0.05) is 5.56 Å². The predicted octanol–water partition coefficient (Wildman–Crippen LogP) is 1.88. The van der Waals surface area contributed by atoms with Gasteiger partial charge in [-0.3, -0.25) is 14.9 Å². The highest BCUT2D eigenvalue weighted by molar-refractivity contribution is 7.87. The van der Waals surface area contributed by atoms with E-state index < -0.39 is 22.8 Å². The first-order chi connectivity index (χ1) is 10.6. The van der Waals surface area contributed by atoms with Crippen LogP contribution in [0, 0.1) is 0 Å². The van der Waals surface area contributed by atoms with Crippen molar-refractivity contribution < 1.29 is 13.8 Å². The second kappa shape index (κ2) is 5.78. The topological polar surface area (TPSA) is 66.5 Å². The molecule has 1 aliphatic heterocycles. The molecule has 1 atom stereocenters. The molecule has 0 bridgehead atoms. The molecule has 0 aliphatic carbocycles. The van der Waals surface area contributed by atoms with Gasteiger partial charge in [0.2, 0.25) is 0 Å². The maximum absolute atomic E-state index is 12.3. The molecule has 5 nitrogen and oxygen atoms in total. The first-order valence-electron chi connectivity index (χ1n) is 6.35. The molecule has 0 spiro atoms. The second-order valence-electron chi connectivity index (χ2n) is 4.47. The van der Waals surface area contributed by atoms with Crippen LogP contribution in [0.4, 0.5) is 0 Å². The van der Waals surface area contributed by atoms with Gasteiger partial charge in [-0.1, -0.05) is 30.3 Å². The molecule has 0 fully saturated rings. The third-order valence-electron chi connectivity index (χ3n) is 3.10. The van der Waals surface area contributed by atoms with Gasteiger partial charge in [0.05, 0.1) is 10.5 Å². The average Bonchev–Trinajstić information content (AvgIpc) is 2.80. The number of fused-ring (bicyclic) bond motifs is 1. The first-order valence-corrected chi connectivity index (χ1v) is 7.87. The van der Waals surface area contributed by atoms with E-state index in [1.54, 1.807) is 54.6 Å². The van der Waals surface area contributed by atoms with Crippen molar-refractivity contribution in [3.05, 3.63) is 65.7 Å². The monoisotopic (exact) mass is 330 g/mol. The molecule has 0 aromatic heterocycles. The van der Waals surface area contributed by atoms with Crippen molar-refractivity contribution in [3.63, 3.8) is 0 Å². The Morgan fingerprint density at radius 1 is 1.05 bits per heavy atom. The number of nitrogens with zero attached hydrogens (tertiary/aromatic N) is 1. The molecular weight excluding hydrogens is 320 g/mol. The Labute approximate surface area is 134 Å². The van der Waals surface area contributed by atoms with Gasteiger partial charge in [0.1, 0.15) is 0 Å². The molecule has 2 amide bonds. The Morgan fingerprint density at radius 3 is 2.36 bits per heavy atom. The number of thiocarbonyl (C=S) groups is 1. The molecule has 0 saturated heterocycles. The van der Waals surface area contributed by atoms with Crippen molar-refractivity contribution in [2.75, 3.05) is 0 Å². The largest absolute Gasteiger partial charge is 0.298 e. The number of amides is 2. The van der Waals surface area contributed by atoms with E-state index in [1.165, 1.54) is 0 Å². The van der Waals surface area contributed by atoms with Crippen LogP contribution >= 0.6 is 12.2 Å². The van der Waals surface area contributed by atoms with Crippen LogP contribution in [0.2, 0.25) is 0 Å². The lowest BCUT2D eigenvalue weighted by Gasteiger charge is -2.15. The van der Waals surface area contributed by atoms with E-state index in [0.717, 1.165) is 4.31 Å². The van der Waals surface area contributed by atoms with Crippen molar-refractivity contribution in [2.24, 2.45) is 0 Å². The summed E-state index contributed by atoms with van der Waals surface area (Å²) in [5.41, 5.74) is 0.733. The molecule has 1 aliphatic rings. The van der Waals surface area contributed by atoms with E-state index in [9.17, 15) is 13.8 Å². The highest BCUT2D eigenvalue weighted by atomic mass is 32.2. The fraction of sp³-hybridized carbons (Fsp3) is 0. The third kappa shape index (κ3) is 2.44. The molecular formula is C15H10N2O3S2. The molecule has 2 aromatic rings. The summed E-state index contributed by atoms with van der Waals surface area (Å²) < 4.78 is 13.3. The zero-order valence-electron chi connectivity index (χ0n) is 11.2. The molecule has 1 unspecified atom stereocenters. The molecule has 3 rings (SSSR count). The molecule has 2 aromatic carbocycles. The van der Waals surface area contributed by atoms with Gasteiger partial charge >= 0.3 is 0 Å². The SMILES string of the molecule is O=C(NC(=S)N1C(=O)c2ccccc2S1=O)c1ccccc1. The summed E-state index contributed by atoms with van der Waals surface area (Å²) in [5, 5.41) is 2.27. The molecule has 22 heavy (non-hydrogen) atoms. The Balaban J connectivity index is 1.81. The van der Waals surface area contributed by atoms with Crippen LogP contribution in [-0.2, 0) is 11.0 Å². The molecule has 0 radical (unpaired) electrons. The summed E-state index contributed by atoms with van der Waals surface area (Å²) >= 11 is 5.07. The lowest BCUT2D eigenvalue weighted by molar-refractivity contribution is 0.0918. The Morgan fingerprint density at radius 2 is 1.68 bits per heavy atom. The molecule has 0 saturated carbocycles. The number of benzene rings is 2. The van der Waals surface area contributed by atoms with E-state index in [2.05, 4.69) is 5.32 Å². The highest BCUT2D eigenvalue weighted by Gasteiger charge is 2.37. The normalized spacial score (nSPS) is 16.3. The van der Waals surface area contributed by atoms with Gasteiger partial charge in [0.15, 0.2) is 16.1 Å². The number of nitrogens with one attached hydrogen (secondary N) is 1. The maximum atomic E-state index is 12.3. The minimum Gasteiger partial charge on any atom is -0.298 e. The summed E-state index contributed by atoms with van der Waals surface area (Å²) in [6.07, 6.45) is 0. The zero-order valence-corrected chi connectivity index (χ0v) is 12.8. The minimum atomic E-state index is -1.74. The van der Waals surface area contributed by atoms with Crippen LogP contribution in [0.25, 0.3) is 0 Å². The number of carbonyl (C=O) groups is 2. The summed E-state index contributed by atoms with van der Waals surface area (Å²) in [6.45, 7) is 0. The summed E-state index contributed by atoms with van der Waals surface area (Å²) in [5.74, 6) is -0.932. The van der Waals surface area contributed by atoms with Gasteiger partial charge in [0.25, 0.3) is 11.8 Å². The lowest BCUT2D eigenvalue weighted by Crippen LogP contribution is -2.43. The van der Waals surface area contributed by atoms with Crippen LogP contribution in [-0.4, -0.2) is 25.4 Å². The number of hydrogen-bond acceptors (Lipinski definition) is 4. The van der Waals surface area contributed by atoms with Crippen LogP contribution < -0.4 is 5.32 Å². The second-order valence-corrected chi connectivity index (χ2v) is 6.16. The maximum Gasteiger partial charge on any atom is 0.273 e. The molecule has 110 valence electrons. The van der Waals surface area contributed by atoms with E-state index in [4.69, 9.17) is 12.2 Å². The zero-order chi connectivity index (χ0) is 15.7. The fourth-order valence-corrected chi connectivity index (χ4v) is 3.61. The third-order valence-corrected chi connectivity index (χ3v) is 4.91. The van der Waals surface area contributed by atoms with E-state index in [0.29, 0.717) is 16.0 Å². The number of rotatable bonds is 1. The first kappa shape index (κ1) is 14.6. The molecule has 7 heteroatoms. The highest BCUT2D eigenvalue weighted by Crippen LogP contribution is 2.26. The van der Waals surface area contributed by atoms with Gasteiger partial charge < -0.3 is 0 Å². The van der Waals surface area contributed by atoms with Crippen molar-refractivity contribution in [3.8, 4) is 0 Å². The van der Waals surface area contributed by atoms with Gasteiger partial charge in [-0.15, -0.1) is 0 Å². The van der Waals surface area contributed by atoms with Crippen molar-refractivity contribution in [1.29, 1.82) is 0 Å². The van der Waals surface area contributed by atoms with Gasteiger partial charge in [-0.05, 0) is 36.5 Å². The van der Waals surface area contributed by atoms with Crippen LogP contribution in [0.1, 0.15) is 20.7 Å². The van der Waals surface area contributed by atoms with Crippen LogP contribution in [0.15, 0.2) is 59.5 Å². The van der Waals surface area contributed by atoms with Gasteiger partial charge in [-0.25, -0.2) is 4.21 Å². The quantitative estimate of drug-likeness (QED) is 0.811. The summed E-state index contributed by atoms with van der Waals surface area (Å²) in [4.78, 5) is 24.7. The van der Waals surface area contributed by atoms with Crippen LogP contribution in [0.5, 0.6) is 0 Å². The Hall–Kier alpha value is -2.38. The Bertz CT molecular complexity index is 770. The lowest BCUT2D eigenvalue weighted by atomic mass is 10.2. The van der Waals surface area contributed by atoms with Crippen LogP contribution in [0.3, 0.4) is 0 Å². The standard InChI is InChI=1S/C15H10N2O3S2/c18-13(10-6-2-1-3-7-10)16-15(21)17-14(19)11-8-4-5-9-12(11)22(17)20/h1-9H,(H,16,18,21). The minimum absolute atomic E-state index is 0.173. The summed E-state index contributed by atoms with van der Waals surface area (Å²) in [6, 6.07) is 15.0. The Kier molecular flexibility index (Phi) is 3.82. The number of hydrogen-bond donors (Lipinski definition) is 1. The molecule has 1 N–H and O–H groups in total. The predicted molar refractivity (Wildman–Crippen MR) is 85.5 cm³/mol. The van der Waals surface area contributed by atoms with Crippen molar-refractivity contribution in [2.45, 2.75) is 4.90 Å². The number of carbonyl (C=O) groups excluding carboxylic acids is 2. The van der Waals surface area contributed by atoms with E-state index in [-0.39, 0.29) is 5.11 Å². The van der Waals surface area contributed by atoms with E-state index >= 15 is 0 Å². The fourth-order valence-electron chi connectivity index (χ4n) is 2.06. The van der Waals surface area contributed by atoms with Crippen molar-refractivity contribution >= 4 is 40.1 Å². The smallest absolute Gasteiger partial charge is 0.273 e. The van der Waals surface area contributed by atoms with Gasteiger partial charge in [-0.2, -0.15) is 4.31 Å². The summed E-state index contributed by atoms with van der Waals surface area (Å²) in [7, 11) is -1.74. The average molecular weight is 330 g/mol. The molecule has 1 heterocycles.